The van der Waals surface area contributed by atoms with Crippen molar-refractivity contribution in [1.82, 2.24) is 15.2 Å². The summed E-state index contributed by atoms with van der Waals surface area (Å²) < 4.78 is 37.8. The Bertz CT molecular complexity index is 914. The SMILES string of the molecule is CSc1ncccc1C(=O)N1CCC(CNC(=O)Nc2ccc(C(F)(F)F)cc2)CC1. The van der Waals surface area contributed by atoms with Crippen molar-refractivity contribution in [3.63, 3.8) is 0 Å². The third kappa shape index (κ3) is 6.13. The third-order valence-corrected chi connectivity index (χ3v) is 5.83. The van der Waals surface area contributed by atoms with Crippen molar-refractivity contribution in [3.05, 3.63) is 53.7 Å². The first-order valence-corrected chi connectivity index (χ1v) is 11.0. The number of piperidine rings is 1. The minimum atomic E-state index is -4.41. The van der Waals surface area contributed by atoms with Crippen molar-refractivity contribution in [2.24, 2.45) is 5.92 Å². The molecule has 3 rings (SSSR count). The number of pyridine rings is 1. The lowest BCUT2D eigenvalue weighted by Gasteiger charge is -2.32. The summed E-state index contributed by atoms with van der Waals surface area (Å²) in [5.41, 5.74) is 0.116. The molecule has 0 unspecified atom stereocenters. The standard InChI is InChI=1S/C21H23F3N4O2S/c1-31-18-17(3-2-10-25-18)19(29)28-11-8-14(9-12-28)13-26-20(30)27-16-6-4-15(5-7-16)21(22,23)24/h2-7,10,14H,8-9,11-13H2,1H3,(H2,26,27,30). The number of benzene rings is 1. The summed E-state index contributed by atoms with van der Waals surface area (Å²) in [6.45, 7) is 1.61. The number of rotatable bonds is 5. The summed E-state index contributed by atoms with van der Waals surface area (Å²) in [7, 11) is 0. The van der Waals surface area contributed by atoms with Crippen molar-refractivity contribution >= 4 is 29.4 Å². The van der Waals surface area contributed by atoms with Gasteiger partial charge in [-0.05, 0) is 61.4 Å². The Morgan fingerprint density at radius 1 is 1.16 bits per heavy atom. The molecule has 1 fully saturated rings. The van der Waals surface area contributed by atoms with Gasteiger partial charge in [-0.2, -0.15) is 13.2 Å². The van der Waals surface area contributed by atoms with Gasteiger partial charge < -0.3 is 15.5 Å². The maximum atomic E-state index is 12.8. The second-order valence-electron chi connectivity index (χ2n) is 7.21. The number of carbonyl (C=O) groups is 2. The van der Waals surface area contributed by atoms with E-state index in [9.17, 15) is 22.8 Å². The zero-order valence-corrected chi connectivity index (χ0v) is 17.7. The summed E-state index contributed by atoms with van der Waals surface area (Å²) >= 11 is 1.43. The molecule has 2 N–H and O–H groups in total. The fraction of sp³-hybridized carbons (Fsp3) is 0.381. The predicted molar refractivity (Wildman–Crippen MR) is 113 cm³/mol. The van der Waals surface area contributed by atoms with Crippen LogP contribution in [0.1, 0.15) is 28.8 Å². The Balaban J connectivity index is 1.44. The highest BCUT2D eigenvalue weighted by atomic mass is 32.2. The van der Waals surface area contributed by atoms with Crippen molar-refractivity contribution in [2.75, 3.05) is 31.2 Å². The fourth-order valence-corrected chi connectivity index (χ4v) is 3.92. The van der Waals surface area contributed by atoms with Crippen molar-refractivity contribution in [2.45, 2.75) is 24.0 Å². The summed E-state index contributed by atoms with van der Waals surface area (Å²) in [5.74, 6) is 0.181. The number of hydrogen-bond donors (Lipinski definition) is 2. The minimum absolute atomic E-state index is 0.0381. The Kier molecular flexibility index (Phi) is 7.42. The van der Waals surface area contributed by atoms with Crippen molar-refractivity contribution in [1.29, 1.82) is 0 Å². The number of hydrogen-bond acceptors (Lipinski definition) is 4. The van der Waals surface area contributed by atoms with Crippen LogP contribution in [0.2, 0.25) is 0 Å². The number of nitrogens with one attached hydrogen (secondary N) is 2. The van der Waals surface area contributed by atoms with Gasteiger partial charge in [0.25, 0.3) is 5.91 Å². The van der Waals surface area contributed by atoms with Crippen LogP contribution in [0.5, 0.6) is 0 Å². The average Bonchev–Trinajstić information content (AvgIpc) is 2.77. The first-order chi connectivity index (χ1) is 14.8. The molecule has 1 aliphatic rings. The number of thioether (sulfide) groups is 1. The molecule has 0 saturated carbocycles. The molecule has 1 saturated heterocycles. The summed E-state index contributed by atoms with van der Waals surface area (Å²) in [4.78, 5) is 30.8. The molecule has 1 aliphatic heterocycles. The Morgan fingerprint density at radius 2 is 1.84 bits per heavy atom. The van der Waals surface area contributed by atoms with Gasteiger partial charge in [-0.1, -0.05) is 0 Å². The van der Waals surface area contributed by atoms with Crippen LogP contribution >= 0.6 is 11.8 Å². The topological polar surface area (TPSA) is 74.3 Å². The Morgan fingerprint density at radius 3 is 2.45 bits per heavy atom. The van der Waals surface area contributed by atoms with Gasteiger partial charge >= 0.3 is 12.2 Å². The van der Waals surface area contributed by atoms with E-state index < -0.39 is 17.8 Å². The fourth-order valence-electron chi connectivity index (χ4n) is 3.38. The van der Waals surface area contributed by atoms with Crippen LogP contribution in [0.4, 0.5) is 23.7 Å². The van der Waals surface area contributed by atoms with E-state index in [-0.39, 0.29) is 17.5 Å². The molecule has 1 aromatic heterocycles. The number of amides is 3. The van der Waals surface area contributed by atoms with E-state index in [4.69, 9.17) is 0 Å². The van der Waals surface area contributed by atoms with Crippen LogP contribution in [0, 0.1) is 5.92 Å². The number of aromatic nitrogens is 1. The average molecular weight is 453 g/mol. The molecule has 6 nitrogen and oxygen atoms in total. The number of anilines is 1. The van der Waals surface area contributed by atoms with E-state index in [1.165, 1.54) is 23.9 Å². The number of nitrogens with zero attached hydrogens (tertiary/aromatic N) is 2. The highest BCUT2D eigenvalue weighted by Gasteiger charge is 2.30. The molecule has 10 heteroatoms. The van der Waals surface area contributed by atoms with Gasteiger partial charge in [-0.3, -0.25) is 4.79 Å². The van der Waals surface area contributed by atoms with Gasteiger partial charge in [0.1, 0.15) is 5.03 Å². The van der Waals surface area contributed by atoms with E-state index in [0.29, 0.717) is 30.2 Å². The highest BCUT2D eigenvalue weighted by molar-refractivity contribution is 7.98. The summed E-state index contributed by atoms with van der Waals surface area (Å²) in [6, 6.07) is 7.33. The number of carbonyl (C=O) groups excluding carboxylic acids is 2. The Labute approximate surface area is 182 Å². The number of halogens is 3. The van der Waals surface area contributed by atoms with Gasteiger partial charge in [0, 0.05) is 31.5 Å². The molecule has 3 amide bonds. The van der Waals surface area contributed by atoms with E-state index in [2.05, 4.69) is 15.6 Å². The second-order valence-corrected chi connectivity index (χ2v) is 8.00. The molecular weight excluding hydrogens is 429 g/mol. The molecule has 0 bridgehead atoms. The van der Waals surface area contributed by atoms with Gasteiger partial charge in [-0.25, -0.2) is 9.78 Å². The van der Waals surface area contributed by atoms with Crippen LogP contribution in [0.25, 0.3) is 0 Å². The first kappa shape index (κ1) is 22.9. The quantitative estimate of drug-likeness (QED) is 0.656. The third-order valence-electron chi connectivity index (χ3n) is 5.12. The molecule has 0 atom stereocenters. The van der Waals surface area contributed by atoms with Gasteiger partial charge in [0.05, 0.1) is 11.1 Å². The molecule has 1 aromatic carbocycles. The number of alkyl halides is 3. The van der Waals surface area contributed by atoms with Crippen LogP contribution < -0.4 is 10.6 Å². The normalized spacial score (nSPS) is 14.9. The molecular formula is C21H23F3N4O2S. The Hall–Kier alpha value is -2.75. The lowest BCUT2D eigenvalue weighted by atomic mass is 9.96. The van der Waals surface area contributed by atoms with Crippen molar-refractivity contribution < 1.29 is 22.8 Å². The van der Waals surface area contributed by atoms with Gasteiger partial charge in [-0.15, -0.1) is 11.8 Å². The van der Waals surface area contributed by atoms with Crippen LogP contribution in [-0.2, 0) is 6.18 Å². The van der Waals surface area contributed by atoms with E-state index >= 15 is 0 Å². The molecule has 31 heavy (non-hydrogen) atoms. The highest BCUT2D eigenvalue weighted by Crippen LogP contribution is 2.29. The first-order valence-electron chi connectivity index (χ1n) is 9.78. The van der Waals surface area contributed by atoms with Gasteiger partial charge in [0.2, 0.25) is 0 Å². The smallest absolute Gasteiger partial charge is 0.339 e. The lowest BCUT2D eigenvalue weighted by Crippen LogP contribution is -2.42. The molecule has 0 spiro atoms. The van der Waals surface area contributed by atoms with Crippen LogP contribution in [-0.4, -0.2) is 47.7 Å². The van der Waals surface area contributed by atoms with Crippen LogP contribution in [0.15, 0.2) is 47.6 Å². The maximum absolute atomic E-state index is 12.8. The molecule has 0 radical (unpaired) electrons. The summed E-state index contributed by atoms with van der Waals surface area (Å²) in [5, 5.41) is 5.99. The molecule has 0 aliphatic carbocycles. The zero-order chi connectivity index (χ0) is 22.4. The van der Waals surface area contributed by atoms with E-state index in [1.807, 2.05) is 6.26 Å². The molecule has 166 valence electrons. The maximum Gasteiger partial charge on any atom is 0.416 e. The molecule has 2 heterocycles. The van der Waals surface area contributed by atoms with Crippen LogP contribution in [0.3, 0.4) is 0 Å². The number of likely N-dealkylation sites (tertiary alicyclic amines) is 1. The largest absolute Gasteiger partial charge is 0.416 e. The minimum Gasteiger partial charge on any atom is -0.339 e. The van der Waals surface area contributed by atoms with E-state index in [0.717, 1.165) is 25.0 Å². The second kappa shape index (κ2) is 10.0. The molecule has 2 aromatic rings. The summed E-state index contributed by atoms with van der Waals surface area (Å²) in [6.07, 6.45) is 0.635. The van der Waals surface area contributed by atoms with E-state index in [1.54, 1.807) is 23.2 Å². The van der Waals surface area contributed by atoms with Crippen molar-refractivity contribution in [3.8, 4) is 0 Å². The lowest BCUT2D eigenvalue weighted by molar-refractivity contribution is -0.137. The van der Waals surface area contributed by atoms with Gasteiger partial charge in [0.15, 0.2) is 0 Å². The predicted octanol–water partition coefficient (Wildman–Crippen LogP) is 4.50. The number of urea groups is 1. The zero-order valence-electron chi connectivity index (χ0n) is 16.9. The monoisotopic (exact) mass is 452 g/mol.